The lowest BCUT2D eigenvalue weighted by Crippen LogP contribution is -2.32. The Hall–Kier alpha value is -1.32. The number of rotatable bonds is 5. The van der Waals surface area contributed by atoms with E-state index in [1.807, 2.05) is 6.92 Å². The summed E-state index contributed by atoms with van der Waals surface area (Å²) in [7, 11) is 0. The molecule has 0 spiro atoms. The third-order valence-electron chi connectivity index (χ3n) is 4.35. The van der Waals surface area contributed by atoms with Crippen molar-refractivity contribution in [3.63, 3.8) is 0 Å². The van der Waals surface area contributed by atoms with Crippen LogP contribution in [-0.4, -0.2) is 22.6 Å². The SMILES string of the molecule is CCCNc1nc(C)nc(NC2CCCC(C)(C)C2)c1C. The van der Waals surface area contributed by atoms with E-state index in [4.69, 9.17) is 0 Å². The number of nitrogens with zero attached hydrogens (tertiary/aromatic N) is 2. The Morgan fingerprint density at radius 3 is 2.57 bits per heavy atom. The first kappa shape index (κ1) is 16.1. The summed E-state index contributed by atoms with van der Waals surface area (Å²) in [4.78, 5) is 9.15. The number of aryl methyl sites for hydroxylation is 1. The molecule has 1 heterocycles. The molecule has 1 saturated carbocycles. The highest BCUT2D eigenvalue weighted by atomic mass is 15.1. The van der Waals surface area contributed by atoms with Gasteiger partial charge in [-0.15, -0.1) is 0 Å². The lowest BCUT2D eigenvalue weighted by molar-refractivity contribution is 0.229. The van der Waals surface area contributed by atoms with E-state index in [1.165, 1.54) is 25.7 Å². The van der Waals surface area contributed by atoms with Crippen molar-refractivity contribution in [3.8, 4) is 0 Å². The van der Waals surface area contributed by atoms with E-state index in [2.05, 4.69) is 48.3 Å². The van der Waals surface area contributed by atoms with Crippen molar-refractivity contribution in [3.05, 3.63) is 11.4 Å². The standard InChI is InChI=1S/C17H30N4/c1-6-10-18-15-12(2)16(20-13(3)19-15)21-14-8-7-9-17(4,5)11-14/h14H,6-11H2,1-5H3,(H2,18,19,20,21). The average Bonchev–Trinajstić information content (AvgIpc) is 2.39. The molecule has 0 aliphatic heterocycles. The highest BCUT2D eigenvalue weighted by molar-refractivity contribution is 5.57. The van der Waals surface area contributed by atoms with Gasteiger partial charge in [-0.3, -0.25) is 0 Å². The molecule has 2 rings (SSSR count). The molecule has 0 radical (unpaired) electrons. The molecule has 0 saturated heterocycles. The molecule has 1 aliphatic rings. The molecule has 0 aromatic carbocycles. The van der Waals surface area contributed by atoms with Crippen LogP contribution in [0.4, 0.5) is 11.6 Å². The number of hydrogen-bond donors (Lipinski definition) is 2. The summed E-state index contributed by atoms with van der Waals surface area (Å²) in [5.74, 6) is 2.81. The molecule has 4 nitrogen and oxygen atoms in total. The van der Waals surface area contributed by atoms with Gasteiger partial charge in [0.2, 0.25) is 0 Å². The van der Waals surface area contributed by atoms with E-state index in [0.717, 1.165) is 36.0 Å². The molecule has 0 amide bonds. The number of nitrogens with one attached hydrogen (secondary N) is 2. The summed E-state index contributed by atoms with van der Waals surface area (Å²) >= 11 is 0. The van der Waals surface area contributed by atoms with Crippen LogP contribution < -0.4 is 10.6 Å². The Morgan fingerprint density at radius 1 is 1.19 bits per heavy atom. The third-order valence-corrected chi connectivity index (χ3v) is 4.35. The predicted molar refractivity (Wildman–Crippen MR) is 89.9 cm³/mol. The summed E-state index contributed by atoms with van der Waals surface area (Å²) in [6.45, 7) is 11.9. The minimum absolute atomic E-state index is 0.440. The fourth-order valence-electron chi connectivity index (χ4n) is 3.20. The van der Waals surface area contributed by atoms with Crippen molar-refractivity contribution in [2.24, 2.45) is 5.41 Å². The maximum absolute atomic E-state index is 4.62. The molecule has 1 aliphatic carbocycles. The Morgan fingerprint density at radius 2 is 1.90 bits per heavy atom. The molecule has 1 aromatic rings. The molecule has 1 fully saturated rings. The lowest BCUT2D eigenvalue weighted by atomic mass is 9.75. The topological polar surface area (TPSA) is 49.8 Å². The molecule has 2 N–H and O–H groups in total. The highest BCUT2D eigenvalue weighted by Crippen LogP contribution is 2.36. The monoisotopic (exact) mass is 290 g/mol. The molecular formula is C17H30N4. The van der Waals surface area contributed by atoms with Crippen LogP contribution in [0.5, 0.6) is 0 Å². The summed E-state index contributed by atoms with van der Waals surface area (Å²) < 4.78 is 0. The number of anilines is 2. The normalized spacial score (nSPS) is 21.1. The smallest absolute Gasteiger partial charge is 0.134 e. The molecule has 118 valence electrons. The first-order chi connectivity index (χ1) is 9.91. The predicted octanol–water partition coefficient (Wildman–Crippen LogP) is 4.30. The van der Waals surface area contributed by atoms with E-state index in [-0.39, 0.29) is 0 Å². The van der Waals surface area contributed by atoms with Crippen LogP contribution in [0.15, 0.2) is 0 Å². The van der Waals surface area contributed by atoms with Gasteiger partial charge in [0, 0.05) is 18.2 Å². The van der Waals surface area contributed by atoms with E-state index in [0.29, 0.717) is 11.5 Å². The Balaban J connectivity index is 2.13. The van der Waals surface area contributed by atoms with E-state index >= 15 is 0 Å². The highest BCUT2D eigenvalue weighted by Gasteiger charge is 2.28. The van der Waals surface area contributed by atoms with Crippen molar-refractivity contribution in [2.75, 3.05) is 17.2 Å². The molecule has 21 heavy (non-hydrogen) atoms. The summed E-state index contributed by atoms with van der Waals surface area (Å²) in [6.07, 6.45) is 6.18. The summed E-state index contributed by atoms with van der Waals surface area (Å²) in [5.41, 5.74) is 1.58. The average molecular weight is 290 g/mol. The van der Waals surface area contributed by atoms with Crippen molar-refractivity contribution in [2.45, 2.75) is 72.8 Å². The van der Waals surface area contributed by atoms with E-state index in [1.54, 1.807) is 0 Å². The minimum atomic E-state index is 0.440. The first-order valence-corrected chi connectivity index (χ1v) is 8.27. The van der Waals surface area contributed by atoms with Crippen LogP contribution in [-0.2, 0) is 0 Å². The van der Waals surface area contributed by atoms with Crippen LogP contribution in [0.3, 0.4) is 0 Å². The van der Waals surface area contributed by atoms with Gasteiger partial charge in [-0.1, -0.05) is 27.2 Å². The number of hydrogen-bond acceptors (Lipinski definition) is 4. The van der Waals surface area contributed by atoms with Gasteiger partial charge in [-0.05, 0) is 44.9 Å². The third kappa shape index (κ3) is 4.32. The fourth-order valence-corrected chi connectivity index (χ4v) is 3.20. The van der Waals surface area contributed by atoms with Crippen LogP contribution in [0.2, 0.25) is 0 Å². The van der Waals surface area contributed by atoms with Crippen molar-refractivity contribution in [1.82, 2.24) is 9.97 Å². The lowest BCUT2D eigenvalue weighted by Gasteiger charge is -2.36. The van der Waals surface area contributed by atoms with Gasteiger partial charge in [0.15, 0.2) is 0 Å². The van der Waals surface area contributed by atoms with Gasteiger partial charge in [0.1, 0.15) is 17.5 Å². The zero-order valence-corrected chi connectivity index (χ0v) is 14.2. The zero-order valence-electron chi connectivity index (χ0n) is 14.2. The second kappa shape index (κ2) is 6.63. The summed E-state index contributed by atoms with van der Waals surface area (Å²) in [5, 5.41) is 7.08. The van der Waals surface area contributed by atoms with Gasteiger partial charge in [-0.25, -0.2) is 9.97 Å². The molecule has 4 heteroatoms. The second-order valence-electron chi connectivity index (χ2n) is 7.12. The largest absolute Gasteiger partial charge is 0.370 e. The van der Waals surface area contributed by atoms with Gasteiger partial charge < -0.3 is 10.6 Å². The fraction of sp³-hybridized carbons (Fsp3) is 0.765. The molecular weight excluding hydrogens is 260 g/mol. The quantitative estimate of drug-likeness (QED) is 0.849. The maximum Gasteiger partial charge on any atom is 0.134 e. The molecule has 0 bridgehead atoms. The maximum atomic E-state index is 4.62. The second-order valence-corrected chi connectivity index (χ2v) is 7.12. The molecule has 1 unspecified atom stereocenters. The van der Waals surface area contributed by atoms with Crippen LogP contribution in [0.25, 0.3) is 0 Å². The van der Waals surface area contributed by atoms with E-state index < -0.39 is 0 Å². The van der Waals surface area contributed by atoms with Crippen molar-refractivity contribution < 1.29 is 0 Å². The van der Waals surface area contributed by atoms with Crippen LogP contribution in [0, 0.1) is 19.3 Å². The Kier molecular flexibility index (Phi) is 5.07. The van der Waals surface area contributed by atoms with Gasteiger partial charge in [0.05, 0.1) is 0 Å². The number of aromatic nitrogens is 2. The van der Waals surface area contributed by atoms with Gasteiger partial charge in [-0.2, -0.15) is 0 Å². The van der Waals surface area contributed by atoms with Crippen LogP contribution in [0.1, 0.15) is 64.3 Å². The van der Waals surface area contributed by atoms with E-state index in [9.17, 15) is 0 Å². The Bertz CT molecular complexity index is 482. The molecule has 1 atom stereocenters. The van der Waals surface area contributed by atoms with Gasteiger partial charge in [0.25, 0.3) is 0 Å². The van der Waals surface area contributed by atoms with Crippen LogP contribution >= 0.6 is 0 Å². The Labute approximate surface area is 129 Å². The van der Waals surface area contributed by atoms with Gasteiger partial charge >= 0.3 is 0 Å². The van der Waals surface area contributed by atoms with Crippen molar-refractivity contribution >= 4 is 11.6 Å². The zero-order chi connectivity index (χ0) is 15.5. The molecule has 1 aromatic heterocycles. The first-order valence-electron chi connectivity index (χ1n) is 8.27. The summed E-state index contributed by atoms with van der Waals surface area (Å²) in [6, 6.07) is 0.528. The van der Waals surface area contributed by atoms with Crippen molar-refractivity contribution in [1.29, 1.82) is 0 Å². The minimum Gasteiger partial charge on any atom is -0.370 e.